The number of halogens is 3. The smallest absolute Gasteiger partial charge is 0.372 e. The van der Waals surface area contributed by atoms with E-state index in [2.05, 4.69) is 4.74 Å². The van der Waals surface area contributed by atoms with Crippen molar-refractivity contribution in [3.63, 3.8) is 0 Å². The summed E-state index contributed by atoms with van der Waals surface area (Å²) in [5.41, 5.74) is 0.883. The van der Waals surface area contributed by atoms with Crippen LogP contribution in [0.25, 0.3) is 10.8 Å². The number of benzene rings is 2. The van der Waals surface area contributed by atoms with Gasteiger partial charge in [-0.1, -0.05) is 42.5 Å². The molecule has 0 saturated carbocycles. The zero-order valence-electron chi connectivity index (χ0n) is 11.3. The Labute approximate surface area is 120 Å². The average Bonchev–Trinajstić information content (AvgIpc) is 2.43. The van der Waals surface area contributed by atoms with Gasteiger partial charge in [0.1, 0.15) is 12.4 Å². The van der Waals surface area contributed by atoms with Gasteiger partial charge < -0.3 is 4.74 Å². The van der Waals surface area contributed by atoms with Crippen molar-refractivity contribution in [3.05, 3.63) is 48.0 Å². The van der Waals surface area contributed by atoms with Crippen LogP contribution in [0.15, 0.2) is 42.5 Å². The monoisotopic (exact) mass is 296 g/mol. The molecule has 0 spiro atoms. The quantitative estimate of drug-likeness (QED) is 0.755. The molecule has 0 heterocycles. The van der Waals surface area contributed by atoms with Crippen molar-refractivity contribution < 1.29 is 22.7 Å². The summed E-state index contributed by atoms with van der Waals surface area (Å²) in [4.78, 5) is 11.8. The maximum absolute atomic E-state index is 11.9. The van der Waals surface area contributed by atoms with Gasteiger partial charge in [0, 0.05) is 12.8 Å². The number of hydrogen-bond acceptors (Lipinski definition) is 2. The molecule has 5 heteroatoms. The van der Waals surface area contributed by atoms with Gasteiger partial charge in [-0.25, -0.2) is 0 Å². The number of fused-ring (bicyclic) bond motifs is 1. The van der Waals surface area contributed by atoms with Crippen LogP contribution in [0, 0.1) is 0 Å². The first-order valence-corrected chi connectivity index (χ1v) is 6.58. The van der Waals surface area contributed by atoms with Gasteiger partial charge >= 0.3 is 6.18 Å². The van der Waals surface area contributed by atoms with Crippen LogP contribution in [0.4, 0.5) is 13.2 Å². The fourth-order valence-electron chi connectivity index (χ4n) is 2.12. The molecule has 2 rings (SSSR count). The number of rotatable bonds is 6. The predicted octanol–water partition coefficient (Wildman–Crippen LogP) is 3.92. The first kappa shape index (κ1) is 15.5. The van der Waals surface area contributed by atoms with Crippen LogP contribution >= 0.6 is 0 Å². The Bertz CT molecular complexity index is 615. The van der Waals surface area contributed by atoms with Crippen LogP contribution in [0.2, 0.25) is 0 Å². The highest BCUT2D eigenvalue weighted by Gasteiger charge is 2.27. The minimum atomic E-state index is -4.35. The predicted molar refractivity (Wildman–Crippen MR) is 74.2 cm³/mol. The number of ether oxygens (including phenoxy) is 1. The molecule has 21 heavy (non-hydrogen) atoms. The van der Waals surface area contributed by atoms with E-state index in [9.17, 15) is 18.0 Å². The van der Waals surface area contributed by atoms with Gasteiger partial charge in [-0.15, -0.1) is 0 Å². The lowest BCUT2D eigenvalue weighted by Gasteiger charge is -2.08. The van der Waals surface area contributed by atoms with E-state index in [4.69, 9.17) is 0 Å². The number of alkyl halides is 3. The molecule has 0 aliphatic carbocycles. The van der Waals surface area contributed by atoms with Gasteiger partial charge in [-0.3, -0.25) is 4.79 Å². The van der Waals surface area contributed by atoms with Crippen molar-refractivity contribution in [3.8, 4) is 0 Å². The highest BCUT2D eigenvalue weighted by Crippen LogP contribution is 2.19. The molecule has 112 valence electrons. The normalized spacial score (nSPS) is 11.8. The van der Waals surface area contributed by atoms with Crippen LogP contribution in [0.3, 0.4) is 0 Å². The van der Waals surface area contributed by atoms with Gasteiger partial charge in [-0.05, 0) is 16.3 Å². The first-order valence-electron chi connectivity index (χ1n) is 6.58. The minimum Gasteiger partial charge on any atom is -0.372 e. The third-order valence-corrected chi connectivity index (χ3v) is 3.06. The zero-order valence-corrected chi connectivity index (χ0v) is 11.3. The molecule has 0 aromatic heterocycles. The van der Waals surface area contributed by atoms with E-state index < -0.39 is 12.8 Å². The van der Waals surface area contributed by atoms with Gasteiger partial charge in [0.05, 0.1) is 6.61 Å². The summed E-state index contributed by atoms with van der Waals surface area (Å²) in [6, 6.07) is 13.4. The van der Waals surface area contributed by atoms with Crippen LogP contribution in [0.1, 0.15) is 12.0 Å². The lowest BCUT2D eigenvalue weighted by Crippen LogP contribution is -2.18. The van der Waals surface area contributed by atoms with Gasteiger partial charge in [0.15, 0.2) is 0 Å². The molecule has 2 aromatic carbocycles. The summed E-state index contributed by atoms with van der Waals surface area (Å²) in [5, 5.41) is 2.03. The van der Waals surface area contributed by atoms with Crippen LogP contribution in [0.5, 0.6) is 0 Å². The van der Waals surface area contributed by atoms with E-state index in [0.717, 1.165) is 16.3 Å². The van der Waals surface area contributed by atoms with E-state index in [0.29, 0.717) is 0 Å². The van der Waals surface area contributed by atoms with Crippen molar-refractivity contribution in [2.24, 2.45) is 0 Å². The highest BCUT2D eigenvalue weighted by atomic mass is 19.4. The first-order chi connectivity index (χ1) is 9.96. The second kappa shape index (κ2) is 6.72. The molecule has 0 saturated heterocycles. The molecule has 0 N–H and O–H groups in total. The Balaban J connectivity index is 1.90. The van der Waals surface area contributed by atoms with Crippen molar-refractivity contribution in [2.75, 3.05) is 13.2 Å². The van der Waals surface area contributed by atoms with Gasteiger partial charge in [0.25, 0.3) is 0 Å². The van der Waals surface area contributed by atoms with E-state index in [-0.39, 0.29) is 25.2 Å². The summed E-state index contributed by atoms with van der Waals surface area (Å²) in [5.74, 6) is -0.131. The Morgan fingerprint density at radius 3 is 2.52 bits per heavy atom. The number of ketones is 1. The molecule has 2 nitrogen and oxygen atoms in total. The van der Waals surface area contributed by atoms with Crippen LogP contribution in [-0.4, -0.2) is 25.2 Å². The van der Waals surface area contributed by atoms with E-state index in [1.54, 1.807) is 0 Å². The lowest BCUT2D eigenvalue weighted by molar-refractivity contribution is -0.174. The topological polar surface area (TPSA) is 26.3 Å². The third-order valence-electron chi connectivity index (χ3n) is 3.06. The molecule has 0 bridgehead atoms. The number of hydrogen-bond donors (Lipinski definition) is 0. The van der Waals surface area contributed by atoms with Crippen molar-refractivity contribution in [1.29, 1.82) is 0 Å². The summed E-state index contributed by atoms with van der Waals surface area (Å²) in [7, 11) is 0. The number of carbonyl (C=O) groups excluding carboxylic acids is 1. The molecule has 0 unspecified atom stereocenters. The standard InChI is InChI=1S/C16H15F3O2/c17-16(18,19)11-21-9-8-14(20)10-13-6-3-5-12-4-1-2-7-15(12)13/h1-7H,8-11H2. The van der Waals surface area contributed by atoms with E-state index >= 15 is 0 Å². The molecule has 0 radical (unpaired) electrons. The molecular formula is C16H15F3O2. The number of carbonyl (C=O) groups is 1. The fraction of sp³-hybridized carbons (Fsp3) is 0.312. The molecule has 2 aromatic rings. The van der Waals surface area contributed by atoms with Crippen molar-refractivity contribution in [2.45, 2.75) is 19.0 Å². The maximum Gasteiger partial charge on any atom is 0.411 e. The maximum atomic E-state index is 11.9. The Hall–Kier alpha value is -1.88. The second-order valence-corrected chi connectivity index (χ2v) is 4.77. The summed E-state index contributed by atoms with van der Waals surface area (Å²) < 4.78 is 40.1. The molecule has 0 aliphatic heterocycles. The number of Topliss-reactive ketones (excluding diaryl/α,β-unsaturated/α-hetero) is 1. The van der Waals surface area contributed by atoms with Crippen LogP contribution in [-0.2, 0) is 16.0 Å². The van der Waals surface area contributed by atoms with Gasteiger partial charge in [0.2, 0.25) is 0 Å². The zero-order chi connectivity index (χ0) is 15.3. The summed E-state index contributed by atoms with van der Waals surface area (Å²) in [6.07, 6.45) is -4.16. The molecule has 0 atom stereocenters. The Kier molecular flexibility index (Phi) is 4.96. The van der Waals surface area contributed by atoms with E-state index in [1.807, 2.05) is 42.5 Å². The van der Waals surface area contributed by atoms with Gasteiger partial charge in [-0.2, -0.15) is 13.2 Å². The third kappa shape index (κ3) is 4.86. The summed E-state index contributed by atoms with van der Waals surface area (Å²) in [6.45, 7) is -1.52. The second-order valence-electron chi connectivity index (χ2n) is 4.77. The lowest BCUT2D eigenvalue weighted by atomic mass is 10.00. The molecule has 0 aliphatic rings. The van der Waals surface area contributed by atoms with Crippen molar-refractivity contribution >= 4 is 16.6 Å². The highest BCUT2D eigenvalue weighted by molar-refractivity contribution is 5.90. The average molecular weight is 296 g/mol. The molecular weight excluding hydrogens is 281 g/mol. The van der Waals surface area contributed by atoms with E-state index in [1.165, 1.54) is 0 Å². The van der Waals surface area contributed by atoms with Crippen LogP contribution < -0.4 is 0 Å². The largest absolute Gasteiger partial charge is 0.411 e. The van der Waals surface area contributed by atoms with Crippen molar-refractivity contribution in [1.82, 2.24) is 0 Å². The molecule has 0 amide bonds. The Morgan fingerprint density at radius 1 is 1.05 bits per heavy atom. The minimum absolute atomic E-state index is 0.0146. The SMILES string of the molecule is O=C(CCOCC(F)(F)F)Cc1cccc2ccccc12. The molecule has 0 fully saturated rings. The Morgan fingerprint density at radius 2 is 1.76 bits per heavy atom. The summed E-state index contributed by atoms with van der Waals surface area (Å²) >= 11 is 0. The fourth-order valence-corrected chi connectivity index (χ4v) is 2.12.